The van der Waals surface area contributed by atoms with Gasteiger partial charge in [-0.25, -0.2) is 4.98 Å². The van der Waals surface area contributed by atoms with Crippen molar-refractivity contribution in [3.63, 3.8) is 0 Å². The molecule has 30 heavy (non-hydrogen) atoms. The molecule has 7 heteroatoms. The monoisotopic (exact) mass is 423 g/mol. The van der Waals surface area contributed by atoms with Crippen LogP contribution in [0.3, 0.4) is 0 Å². The largest absolute Gasteiger partial charge is 0.349 e. The maximum atomic E-state index is 12.8. The smallest absolute Gasteiger partial charge is 0.262 e. The van der Waals surface area contributed by atoms with Crippen LogP contribution < -0.4 is 15.8 Å². The Morgan fingerprint density at radius 3 is 2.60 bits per heavy atom. The number of quaternary nitrogens is 1. The summed E-state index contributed by atoms with van der Waals surface area (Å²) in [5.74, 6) is 0.0985. The highest BCUT2D eigenvalue weighted by atomic mass is 32.2. The minimum atomic E-state index is -0.122. The Morgan fingerprint density at radius 2 is 1.90 bits per heavy atom. The van der Waals surface area contributed by atoms with E-state index >= 15 is 0 Å². The molecule has 0 aliphatic carbocycles. The van der Waals surface area contributed by atoms with Crippen molar-refractivity contribution in [1.82, 2.24) is 14.9 Å². The number of amides is 1. The van der Waals surface area contributed by atoms with Gasteiger partial charge in [-0.1, -0.05) is 60.3 Å². The van der Waals surface area contributed by atoms with Crippen LogP contribution in [0.1, 0.15) is 11.6 Å². The van der Waals surface area contributed by atoms with Crippen molar-refractivity contribution in [2.24, 2.45) is 0 Å². The SMILES string of the molecule is C=CCn1c(SCC(=O)NC[C@@H](c2ccccc2)[NH+](C)C)nc2ccccc2c1=O. The van der Waals surface area contributed by atoms with Crippen LogP contribution in [0, 0.1) is 0 Å². The van der Waals surface area contributed by atoms with E-state index in [1.807, 2.05) is 36.4 Å². The number of benzene rings is 2. The molecule has 0 aliphatic heterocycles. The summed E-state index contributed by atoms with van der Waals surface area (Å²) in [4.78, 5) is 31.1. The Kier molecular flexibility index (Phi) is 7.43. The predicted molar refractivity (Wildman–Crippen MR) is 122 cm³/mol. The van der Waals surface area contributed by atoms with Crippen LogP contribution >= 0.6 is 11.8 Å². The molecular weight excluding hydrogens is 396 g/mol. The number of carbonyl (C=O) groups excluding carboxylic acids is 1. The summed E-state index contributed by atoms with van der Waals surface area (Å²) in [6.45, 7) is 4.62. The van der Waals surface area contributed by atoms with Gasteiger partial charge in [-0.3, -0.25) is 14.2 Å². The van der Waals surface area contributed by atoms with Gasteiger partial charge in [-0.15, -0.1) is 6.58 Å². The fourth-order valence-electron chi connectivity index (χ4n) is 3.29. The van der Waals surface area contributed by atoms with Crippen LogP contribution in [-0.2, 0) is 11.3 Å². The fraction of sp³-hybridized carbons (Fsp3) is 0.261. The van der Waals surface area contributed by atoms with Gasteiger partial charge in [-0.2, -0.15) is 0 Å². The summed E-state index contributed by atoms with van der Waals surface area (Å²) in [5, 5.41) is 4.10. The standard InChI is InChI=1S/C23H26N4O2S/c1-4-14-27-22(29)18-12-8-9-13-19(18)25-23(27)30-16-21(28)24-15-20(26(2)3)17-10-6-5-7-11-17/h4-13,20H,1,14-16H2,2-3H3,(H,24,28)/p+1/t20-/m0/s1. The maximum absolute atomic E-state index is 12.8. The number of carbonyl (C=O) groups is 1. The molecule has 0 spiro atoms. The molecule has 2 aromatic carbocycles. The number of nitrogens with zero attached hydrogens (tertiary/aromatic N) is 2. The number of thioether (sulfide) groups is 1. The van der Waals surface area contributed by atoms with Gasteiger partial charge >= 0.3 is 0 Å². The zero-order valence-electron chi connectivity index (χ0n) is 17.3. The van der Waals surface area contributed by atoms with E-state index in [1.165, 1.54) is 22.2 Å². The van der Waals surface area contributed by atoms with Crippen molar-refractivity contribution >= 4 is 28.6 Å². The number of hydrogen-bond acceptors (Lipinski definition) is 4. The summed E-state index contributed by atoms with van der Waals surface area (Å²) in [7, 11) is 4.15. The molecule has 0 saturated heterocycles. The second-order valence-corrected chi connectivity index (χ2v) is 8.19. The molecule has 0 unspecified atom stereocenters. The molecule has 3 rings (SSSR count). The number of nitrogens with one attached hydrogen (secondary N) is 2. The molecule has 0 fully saturated rings. The number of rotatable bonds is 9. The van der Waals surface area contributed by atoms with E-state index in [0.29, 0.717) is 29.1 Å². The summed E-state index contributed by atoms with van der Waals surface area (Å²) in [6, 6.07) is 17.6. The van der Waals surface area contributed by atoms with Gasteiger partial charge in [0.1, 0.15) is 6.04 Å². The van der Waals surface area contributed by atoms with Crippen LogP contribution in [0.15, 0.2) is 77.2 Å². The van der Waals surface area contributed by atoms with Crippen LogP contribution in [0.25, 0.3) is 10.9 Å². The second-order valence-electron chi connectivity index (χ2n) is 7.25. The Morgan fingerprint density at radius 1 is 1.20 bits per heavy atom. The van der Waals surface area contributed by atoms with Gasteiger partial charge in [0.15, 0.2) is 5.16 Å². The molecule has 0 bridgehead atoms. The Balaban J connectivity index is 1.69. The topological polar surface area (TPSA) is 68.4 Å². The first-order chi connectivity index (χ1) is 14.5. The summed E-state index contributed by atoms with van der Waals surface area (Å²) in [6.07, 6.45) is 1.66. The number of para-hydroxylation sites is 1. The zero-order valence-corrected chi connectivity index (χ0v) is 18.1. The Bertz CT molecular complexity index is 1080. The van der Waals surface area contributed by atoms with Crippen molar-refractivity contribution in [3.8, 4) is 0 Å². The predicted octanol–water partition coefficient (Wildman–Crippen LogP) is 1.68. The summed E-state index contributed by atoms with van der Waals surface area (Å²) < 4.78 is 1.56. The van der Waals surface area contributed by atoms with Gasteiger partial charge < -0.3 is 10.2 Å². The molecule has 2 N–H and O–H groups in total. The highest BCUT2D eigenvalue weighted by Gasteiger charge is 2.19. The van der Waals surface area contributed by atoms with Crippen molar-refractivity contribution in [1.29, 1.82) is 0 Å². The molecule has 0 radical (unpaired) electrons. The normalized spacial score (nSPS) is 12.1. The first-order valence-electron chi connectivity index (χ1n) is 9.86. The lowest BCUT2D eigenvalue weighted by Gasteiger charge is -2.22. The minimum absolute atomic E-state index is 0.0882. The molecule has 1 amide bonds. The average molecular weight is 424 g/mol. The lowest BCUT2D eigenvalue weighted by Crippen LogP contribution is -3.07. The first kappa shape index (κ1) is 21.8. The molecule has 0 aliphatic rings. The van der Waals surface area contributed by atoms with E-state index in [-0.39, 0.29) is 23.3 Å². The van der Waals surface area contributed by atoms with Crippen molar-refractivity contribution in [3.05, 3.63) is 83.2 Å². The number of aromatic nitrogens is 2. The van der Waals surface area contributed by atoms with E-state index < -0.39 is 0 Å². The zero-order chi connectivity index (χ0) is 21.5. The van der Waals surface area contributed by atoms with Crippen molar-refractivity contribution in [2.45, 2.75) is 17.7 Å². The van der Waals surface area contributed by atoms with E-state index in [4.69, 9.17) is 0 Å². The number of allylic oxidation sites excluding steroid dienone is 1. The quantitative estimate of drug-likeness (QED) is 0.312. The van der Waals surface area contributed by atoms with Gasteiger partial charge in [0.05, 0.1) is 37.3 Å². The highest BCUT2D eigenvalue weighted by Crippen LogP contribution is 2.18. The number of hydrogen-bond donors (Lipinski definition) is 2. The van der Waals surface area contributed by atoms with Crippen LogP contribution in [0.2, 0.25) is 0 Å². The van der Waals surface area contributed by atoms with E-state index in [2.05, 4.69) is 43.1 Å². The molecule has 6 nitrogen and oxygen atoms in total. The van der Waals surface area contributed by atoms with Crippen molar-refractivity contribution in [2.75, 3.05) is 26.4 Å². The fourth-order valence-corrected chi connectivity index (χ4v) is 4.12. The number of fused-ring (bicyclic) bond motifs is 1. The lowest BCUT2D eigenvalue weighted by atomic mass is 10.1. The molecule has 156 valence electrons. The van der Waals surface area contributed by atoms with E-state index in [0.717, 1.165) is 0 Å². The molecular formula is C23H27N4O2S+. The molecule has 0 saturated carbocycles. The third-order valence-electron chi connectivity index (χ3n) is 4.87. The second kappa shape index (κ2) is 10.2. The van der Waals surface area contributed by atoms with Crippen LogP contribution in [0.4, 0.5) is 0 Å². The molecule has 3 aromatic rings. The Hall–Kier alpha value is -2.90. The average Bonchev–Trinajstić information content (AvgIpc) is 2.75. The third kappa shape index (κ3) is 5.17. The van der Waals surface area contributed by atoms with E-state index in [9.17, 15) is 9.59 Å². The summed E-state index contributed by atoms with van der Waals surface area (Å²) >= 11 is 1.27. The van der Waals surface area contributed by atoms with E-state index in [1.54, 1.807) is 16.7 Å². The Labute approximate surface area is 180 Å². The van der Waals surface area contributed by atoms with Crippen LogP contribution in [-0.4, -0.2) is 41.9 Å². The highest BCUT2D eigenvalue weighted by molar-refractivity contribution is 7.99. The molecule has 1 atom stereocenters. The number of likely N-dealkylation sites (N-methyl/N-ethyl adjacent to an activating group) is 1. The third-order valence-corrected chi connectivity index (χ3v) is 5.85. The van der Waals surface area contributed by atoms with Gasteiger partial charge in [0.2, 0.25) is 5.91 Å². The molecule has 1 heterocycles. The van der Waals surface area contributed by atoms with Gasteiger partial charge in [0.25, 0.3) is 5.56 Å². The summed E-state index contributed by atoms with van der Waals surface area (Å²) in [5.41, 5.74) is 1.69. The minimum Gasteiger partial charge on any atom is -0.349 e. The van der Waals surface area contributed by atoms with Gasteiger partial charge in [-0.05, 0) is 12.1 Å². The van der Waals surface area contributed by atoms with Crippen molar-refractivity contribution < 1.29 is 9.69 Å². The van der Waals surface area contributed by atoms with Gasteiger partial charge in [0, 0.05) is 12.1 Å². The maximum Gasteiger partial charge on any atom is 0.262 e. The molecule has 1 aromatic heterocycles. The van der Waals surface area contributed by atoms with Crippen LogP contribution in [0.5, 0.6) is 0 Å². The lowest BCUT2D eigenvalue weighted by molar-refractivity contribution is -0.890. The first-order valence-corrected chi connectivity index (χ1v) is 10.8.